The van der Waals surface area contributed by atoms with Gasteiger partial charge < -0.3 is 15.8 Å². The van der Waals surface area contributed by atoms with E-state index in [0.717, 1.165) is 23.2 Å². The number of rotatable bonds is 2. The number of methoxy groups -OCH3 is 1. The number of anilines is 1. The first kappa shape index (κ1) is 17.4. The smallest absolute Gasteiger partial charge is 0.134 e. The molecule has 3 rings (SSSR count). The second-order valence-corrected chi connectivity index (χ2v) is 4.69. The minimum Gasteiger partial charge on any atom is -0.383 e. The maximum absolute atomic E-state index is 5.63. The Morgan fingerprint density at radius 1 is 1.43 bits per heavy atom. The van der Waals surface area contributed by atoms with Gasteiger partial charge in [0.15, 0.2) is 0 Å². The summed E-state index contributed by atoms with van der Waals surface area (Å²) in [5, 5.41) is 11.1. The fourth-order valence-electron chi connectivity index (χ4n) is 2.24. The number of nitrogens with two attached hydrogens (primary N) is 1. The summed E-state index contributed by atoms with van der Waals surface area (Å²) < 4.78 is 4.96. The first-order valence-electron chi connectivity index (χ1n) is 7.50. The molecule has 0 bridgehead atoms. The molecule has 6 nitrogen and oxygen atoms in total. The molecule has 1 fully saturated rings. The molecule has 0 spiro atoms. The molecule has 4 N–H and O–H groups in total. The Hall–Kier alpha value is -1.66. The number of nitrogen functional groups attached to an aromatic ring is 1. The quantitative estimate of drug-likeness (QED) is 0.790. The van der Waals surface area contributed by atoms with Crippen molar-refractivity contribution in [1.82, 2.24) is 20.5 Å². The summed E-state index contributed by atoms with van der Waals surface area (Å²) in [7, 11) is 1.75. The number of ether oxygens (including phenoxy) is 1. The van der Waals surface area contributed by atoms with E-state index in [-0.39, 0.29) is 0 Å². The first-order chi connectivity index (χ1) is 10.2. The number of aromatic nitrogens is 3. The Morgan fingerprint density at radius 3 is 2.76 bits per heavy atom. The molecule has 1 aliphatic rings. The molecule has 3 heterocycles. The highest BCUT2D eigenvalue weighted by molar-refractivity contribution is 5.89. The second-order valence-electron chi connectivity index (χ2n) is 4.69. The van der Waals surface area contributed by atoms with Gasteiger partial charge in [0.2, 0.25) is 0 Å². The minimum atomic E-state index is 0.536. The molecule has 1 saturated heterocycles. The standard InChI is InChI=1S/C7H8N4.C6H13NO.C2H6/c1-4-6-5(11-10-4)2-3-9-7(6)8;1-8-5-6-3-2-4-7-6;1-2/h2-3H,1H3,(H2,8,9)(H,10,11);6-7H,2-5H2,1H3;1-2H3. The summed E-state index contributed by atoms with van der Waals surface area (Å²) in [6.45, 7) is 7.97. The number of aromatic amines is 1. The Morgan fingerprint density at radius 2 is 2.19 bits per heavy atom. The second kappa shape index (κ2) is 9.31. The average Bonchev–Trinajstić information content (AvgIpc) is 3.13. The number of H-pyrrole nitrogens is 1. The number of aryl methyl sites for hydroxylation is 1. The van der Waals surface area contributed by atoms with Crippen LogP contribution in [0.15, 0.2) is 12.3 Å². The van der Waals surface area contributed by atoms with Gasteiger partial charge >= 0.3 is 0 Å². The van der Waals surface area contributed by atoms with E-state index in [1.165, 1.54) is 19.4 Å². The molecule has 0 saturated carbocycles. The summed E-state index contributed by atoms with van der Waals surface area (Å²) in [6.07, 6.45) is 4.25. The van der Waals surface area contributed by atoms with Crippen molar-refractivity contribution in [2.24, 2.45) is 0 Å². The lowest BCUT2D eigenvalue weighted by Crippen LogP contribution is -2.25. The lowest BCUT2D eigenvalue weighted by molar-refractivity contribution is 0.173. The zero-order valence-electron chi connectivity index (χ0n) is 13.4. The van der Waals surface area contributed by atoms with Crippen molar-refractivity contribution < 1.29 is 4.74 Å². The fraction of sp³-hybridized carbons (Fsp3) is 0.600. The monoisotopic (exact) mass is 293 g/mol. The van der Waals surface area contributed by atoms with Gasteiger partial charge in [0.1, 0.15) is 5.82 Å². The van der Waals surface area contributed by atoms with Crippen LogP contribution in [-0.4, -0.2) is 41.5 Å². The Labute approximate surface area is 126 Å². The number of hydrogen-bond donors (Lipinski definition) is 3. The van der Waals surface area contributed by atoms with Crippen LogP contribution in [0.4, 0.5) is 5.82 Å². The Kier molecular flexibility index (Phi) is 7.71. The number of hydrogen-bond acceptors (Lipinski definition) is 5. The topological polar surface area (TPSA) is 88.8 Å². The number of pyridine rings is 1. The van der Waals surface area contributed by atoms with E-state index >= 15 is 0 Å². The van der Waals surface area contributed by atoms with Gasteiger partial charge in [0.05, 0.1) is 17.5 Å². The molecule has 1 atom stereocenters. The molecule has 0 radical (unpaired) electrons. The molecule has 1 aliphatic heterocycles. The third kappa shape index (κ3) is 4.99. The molecule has 2 aromatic rings. The van der Waals surface area contributed by atoms with Crippen LogP contribution in [0.25, 0.3) is 10.9 Å². The van der Waals surface area contributed by atoms with Crippen LogP contribution in [0.1, 0.15) is 32.4 Å². The molecule has 6 heteroatoms. The molecule has 2 aromatic heterocycles. The highest BCUT2D eigenvalue weighted by Crippen LogP contribution is 2.18. The first-order valence-corrected chi connectivity index (χ1v) is 7.50. The zero-order valence-corrected chi connectivity index (χ0v) is 13.4. The van der Waals surface area contributed by atoms with E-state index in [9.17, 15) is 0 Å². The summed E-state index contributed by atoms with van der Waals surface area (Å²) in [4.78, 5) is 3.96. The van der Waals surface area contributed by atoms with Crippen molar-refractivity contribution >= 4 is 16.7 Å². The van der Waals surface area contributed by atoms with E-state index < -0.39 is 0 Å². The highest BCUT2D eigenvalue weighted by Gasteiger charge is 2.12. The van der Waals surface area contributed by atoms with Crippen LogP contribution in [0.3, 0.4) is 0 Å². The van der Waals surface area contributed by atoms with E-state index in [1.54, 1.807) is 13.3 Å². The maximum atomic E-state index is 5.63. The van der Waals surface area contributed by atoms with Crippen molar-refractivity contribution in [2.45, 2.75) is 39.7 Å². The molecular weight excluding hydrogens is 266 g/mol. The number of fused-ring (bicyclic) bond motifs is 1. The average molecular weight is 293 g/mol. The van der Waals surface area contributed by atoms with Crippen molar-refractivity contribution in [3.05, 3.63) is 18.0 Å². The van der Waals surface area contributed by atoms with Crippen molar-refractivity contribution in [2.75, 3.05) is 26.0 Å². The molecular formula is C15H27N5O. The van der Waals surface area contributed by atoms with Gasteiger partial charge in [-0.1, -0.05) is 13.8 Å². The predicted molar refractivity (Wildman–Crippen MR) is 87.3 cm³/mol. The number of nitrogens with one attached hydrogen (secondary N) is 2. The van der Waals surface area contributed by atoms with Gasteiger partial charge in [0.25, 0.3) is 0 Å². The largest absolute Gasteiger partial charge is 0.383 e. The molecule has 0 aliphatic carbocycles. The van der Waals surface area contributed by atoms with Gasteiger partial charge in [-0.2, -0.15) is 5.10 Å². The van der Waals surface area contributed by atoms with Crippen molar-refractivity contribution in [3.8, 4) is 0 Å². The van der Waals surface area contributed by atoms with Crippen LogP contribution in [-0.2, 0) is 4.74 Å². The Balaban J connectivity index is 0.000000196. The summed E-state index contributed by atoms with van der Waals surface area (Å²) >= 11 is 0. The molecule has 21 heavy (non-hydrogen) atoms. The maximum Gasteiger partial charge on any atom is 0.134 e. The van der Waals surface area contributed by atoms with E-state index in [2.05, 4.69) is 20.5 Å². The van der Waals surface area contributed by atoms with Gasteiger partial charge in [-0.25, -0.2) is 4.98 Å². The number of nitrogens with zero attached hydrogens (tertiary/aromatic N) is 2. The zero-order chi connectivity index (χ0) is 15.7. The highest BCUT2D eigenvalue weighted by atomic mass is 16.5. The van der Waals surface area contributed by atoms with Gasteiger partial charge in [-0.05, 0) is 32.4 Å². The summed E-state index contributed by atoms with van der Waals surface area (Å²) in [5.41, 5.74) is 7.46. The molecule has 0 aromatic carbocycles. The summed E-state index contributed by atoms with van der Waals surface area (Å²) in [5.74, 6) is 0.536. The van der Waals surface area contributed by atoms with E-state index in [4.69, 9.17) is 10.5 Å². The third-order valence-electron chi connectivity index (χ3n) is 3.21. The molecule has 0 amide bonds. The molecule has 1 unspecified atom stereocenters. The SMILES string of the molecule is CC.COCC1CCCN1.Cc1[nH]nc2ccnc(N)c12. The minimum absolute atomic E-state index is 0.536. The van der Waals surface area contributed by atoms with Crippen molar-refractivity contribution in [3.63, 3.8) is 0 Å². The third-order valence-corrected chi connectivity index (χ3v) is 3.21. The van der Waals surface area contributed by atoms with E-state index in [1.807, 2.05) is 26.8 Å². The normalized spacial score (nSPS) is 16.9. The predicted octanol–water partition coefficient (Wildman–Crippen LogP) is 2.26. The van der Waals surface area contributed by atoms with Crippen LogP contribution in [0.5, 0.6) is 0 Å². The Bertz CT molecular complexity index is 520. The lowest BCUT2D eigenvalue weighted by atomic mass is 10.2. The van der Waals surface area contributed by atoms with Crippen LogP contribution in [0, 0.1) is 6.92 Å². The fourth-order valence-corrected chi connectivity index (χ4v) is 2.24. The van der Waals surface area contributed by atoms with Gasteiger partial charge in [0, 0.05) is 25.0 Å². The van der Waals surface area contributed by atoms with Gasteiger partial charge in [-0.3, -0.25) is 5.10 Å². The summed E-state index contributed by atoms with van der Waals surface area (Å²) in [6, 6.07) is 2.47. The van der Waals surface area contributed by atoms with Gasteiger partial charge in [-0.15, -0.1) is 0 Å². The van der Waals surface area contributed by atoms with E-state index in [0.29, 0.717) is 11.9 Å². The van der Waals surface area contributed by atoms with Crippen LogP contribution in [0.2, 0.25) is 0 Å². The van der Waals surface area contributed by atoms with Crippen molar-refractivity contribution in [1.29, 1.82) is 0 Å². The lowest BCUT2D eigenvalue weighted by Gasteiger charge is -2.05. The van der Waals surface area contributed by atoms with Crippen LogP contribution >= 0.6 is 0 Å². The van der Waals surface area contributed by atoms with Crippen LogP contribution < -0.4 is 11.1 Å². The molecule has 118 valence electrons.